The molecule has 0 amide bonds. The topological polar surface area (TPSA) is 44.1 Å². The highest BCUT2D eigenvalue weighted by Crippen LogP contribution is 2.32. The number of benzene rings is 1. The molecule has 1 aromatic carbocycles. The first-order chi connectivity index (χ1) is 10.6. The van der Waals surface area contributed by atoms with Crippen LogP contribution in [0.15, 0.2) is 30.3 Å². The zero-order valence-electron chi connectivity index (χ0n) is 12.1. The molecule has 1 aliphatic rings. The maximum absolute atomic E-state index is 12.3. The second kappa shape index (κ2) is 6.31. The van der Waals surface area contributed by atoms with E-state index < -0.39 is 5.97 Å². The summed E-state index contributed by atoms with van der Waals surface area (Å²) in [6, 6.07) is 9.57. The summed E-state index contributed by atoms with van der Waals surface area (Å²) in [4.78, 5) is 16.4. The first-order valence-corrected chi connectivity index (χ1v) is 7.98. The molecule has 3 rings (SSSR count). The van der Waals surface area contributed by atoms with Gasteiger partial charge < -0.3 is 9.30 Å². The number of esters is 1. The van der Waals surface area contributed by atoms with Crippen LogP contribution < -0.4 is 0 Å². The van der Waals surface area contributed by atoms with Gasteiger partial charge in [-0.05, 0) is 42.8 Å². The van der Waals surface area contributed by atoms with Crippen LogP contribution in [-0.2, 0) is 4.74 Å². The molecular formula is C16H16Cl2N2O2. The molecule has 1 atom stereocenters. The highest BCUT2D eigenvalue weighted by atomic mass is 35.5. The molecule has 0 radical (unpaired) electrons. The smallest absolute Gasteiger partial charge is 0.358 e. The van der Waals surface area contributed by atoms with Crippen molar-refractivity contribution in [2.45, 2.75) is 25.8 Å². The van der Waals surface area contributed by atoms with E-state index in [9.17, 15) is 4.79 Å². The number of nitrogens with zero attached hydrogens (tertiary/aromatic N) is 2. The summed E-state index contributed by atoms with van der Waals surface area (Å²) < 4.78 is 6.95. The minimum Gasteiger partial charge on any atom is -0.461 e. The Morgan fingerprint density at radius 3 is 2.68 bits per heavy atom. The van der Waals surface area contributed by atoms with Gasteiger partial charge in [0.15, 0.2) is 10.8 Å². The zero-order chi connectivity index (χ0) is 15.7. The van der Waals surface area contributed by atoms with Gasteiger partial charge in [0.25, 0.3) is 0 Å². The van der Waals surface area contributed by atoms with E-state index in [1.807, 2.05) is 37.3 Å². The monoisotopic (exact) mass is 338 g/mol. The number of carbonyl (C=O) groups is 1. The van der Waals surface area contributed by atoms with Crippen LogP contribution >= 0.6 is 23.2 Å². The third-order valence-corrected chi connectivity index (χ3v) is 4.37. The molecule has 6 heteroatoms. The van der Waals surface area contributed by atoms with E-state index in [1.165, 1.54) is 0 Å². The normalized spacial score (nSPS) is 15.6. The third kappa shape index (κ3) is 3.13. The average molecular weight is 339 g/mol. The lowest BCUT2D eigenvalue weighted by Gasteiger charge is -2.17. The Morgan fingerprint density at radius 2 is 2.05 bits per heavy atom. The van der Waals surface area contributed by atoms with Crippen molar-refractivity contribution < 1.29 is 9.53 Å². The van der Waals surface area contributed by atoms with Gasteiger partial charge >= 0.3 is 5.97 Å². The number of hydrogen-bond donors (Lipinski definition) is 0. The lowest BCUT2D eigenvalue weighted by Crippen LogP contribution is -2.17. The van der Waals surface area contributed by atoms with Crippen LogP contribution in [0.2, 0.25) is 10.4 Å². The molecule has 4 nitrogen and oxygen atoms in total. The van der Waals surface area contributed by atoms with Crippen molar-refractivity contribution in [3.8, 4) is 0 Å². The van der Waals surface area contributed by atoms with Crippen molar-refractivity contribution >= 4 is 29.2 Å². The van der Waals surface area contributed by atoms with Gasteiger partial charge in [0, 0.05) is 0 Å². The predicted octanol–water partition coefficient (Wildman–Crippen LogP) is 4.37. The van der Waals surface area contributed by atoms with Crippen LogP contribution in [0.5, 0.6) is 0 Å². The van der Waals surface area contributed by atoms with Crippen LogP contribution in [0.4, 0.5) is 0 Å². The van der Waals surface area contributed by atoms with Gasteiger partial charge in [-0.15, -0.1) is 0 Å². The Kier molecular flexibility index (Phi) is 4.41. The van der Waals surface area contributed by atoms with Crippen LogP contribution in [0.1, 0.15) is 41.9 Å². The number of hydrogen-bond acceptors (Lipinski definition) is 3. The maximum atomic E-state index is 12.3. The maximum Gasteiger partial charge on any atom is 0.358 e. The molecule has 0 spiro atoms. The summed E-state index contributed by atoms with van der Waals surface area (Å²) in [5, 5.41) is 0.258. The van der Waals surface area contributed by atoms with Gasteiger partial charge in [-0.1, -0.05) is 41.9 Å². The number of ether oxygens (including phenoxy) is 1. The fraction of sp³-hybridized carbons (Fsp3) is 0.375. The standard InChI is InChI=1S/C16H16Cl2N2O2/c1-10(12-5-3-2-4-6-12)20-13(14(17)19-16(20)18)15(21)22-9-11-7-8-11/h2-6,10-11H,7-9H2,1H3/t10-/m1/s1. The Hall–Kier alpha value is -1.52. The van der Waals surface area contributed by atoms with E-state index in [-0.39, 0.29) is 22.2 Å². The van der Waals surface area contributed by atoms with Crippen LogP contribution in [0, 0.1) is 5.92 Å². The van der Waals surface area contributed by atoms with Gasteiger partial charge in [-0.3, -0.25) is 0 Å². The summed E-state index contributed by atoms with van der Waals surface area (Å²) in [6.07, 6.45) is 2.23. The Balaban J connectivity index is 1.91. The third-order valence-electron chi connectivity index (χ3n) is 3.84. The summed E-state index contributed by atoms with van der Waals surface area (Å²) in [6.45, 7) is 2.37. The largest absolute Gasteiger partial charge is 0.461 e. The molecule has 22 heavy (non-hydrogen) atoms. The van der Waals surface area contributed by atoms with Gasteiger partial charge in [0.05, 0.1) is 12.6 Å². The summed E-state index contributed by atoms with van der Waals surface area (Å²) >= 11 is 12.3. The van der Waals surface area contributed by atoms with E-state index in [1.54, 1.807) is 4.57 Å². The molecule has 2 aromatic rings. The SMILES string of the molecule is C[C@H](c1ccccc1)n1c(Cl)nc(Cl)c1C(=O)OCC1CC1. The summed E-state index contributed by atoms with van der Waals surface area (Å²) in [5.41, 5.74) is 1.22. The van der Waals surface area contributed by atoms with Gasteiger partial charge in [0.2, 0.25) is 5.28 Å². The molecule has 1 aromatic heterocycles. The molecule has 0 aliphatic heterocycles. The Morgan fingerprint density at radius 1 is 1.36 bits per heavy atom. The molecule has 0 saturated heterocycles. The fourth-order valence-corrected chi connectivity index (χ4v) is 2.95. The number of aromatic nitrogens is 2. The van der Waals surface area contributed by atoms with Crippen molar-refractivity contribution in [3.05, 3.63) is 52.0 Å². The van der Waals surface area contributed by atoms with Crippen LogP contribution in [0.3, 0.4) is 0 Å². The lowest BCUT2D eigenvalue weighted by molar-refractivity contribution is 0.0472. The predicted molar refractivity (Wildman–Crippen MR) is 85.5 cm³/mol. The fourth-order valence-electron chi connectivity index (χ4n) is 2.34. The van der Waals surface area contributed by atoms with Gasteiger partial charge in [-0.2, -0.15) is 0 Å². The van der Waals surface area contributed by atoms with E-state index in [0.717, 1.165) is 18.4 Å². The summed E-state index contributed by atoms with van der Waals surface area (Å²) in [5.74, 6) is 0.0141. The van der Waals surface area contributed by atoms with E-state index >= 15 is 0 Å². The molecule has 116 valence electrons. The van der Waals surface area contributed by atoms with Crippen molar-refractivity contribution in [2.75, 3.05) is 6.61 Å². The van der Waals surface area contributed by atoms with Crippen LogP contribution in [-0.4, -0.2) is 22.1 Å². The molecule has 1 saturated carbocycles. The Labute approximate surface area is 139 Å². The van der Waals surface area contributed by atoms with Crippen molar-refractivity contribution in [2.24, 2.45) is 5.92 Å². The molecule has 1 fully saturated rings. The highest BCUT2D eigenvalue weighted by Gasteiger charge is 2.29. The van der Waals surface area contributed by atoms with Gasteiger partial charge in [0.1, 0.15) is 0 Å². The molecule has 1 heterocycles. The first kappa shape index (κ1) is 15.4. The van der Waals surface area contributed by atoms with Gasteiger partial charge in [-0.25, -0.2) is 9.78 Å². The Bertz CT molecular complexity index is 681. The van der Waals surface area contributed by atoms with E-state index in [2.05, 4.69) is 4.98 Å². The first-order valence-electron chi connectivity index (χ1n) is 7.23. The average Bonchev–Trinajstić information content (AvgIpc) is 3.29. The van der Waals surface area contributed by atoms with Crippen molar-refractivity contribution in [3.63, 3.8) is 0 Å². The highest BCUT2D eigenvalue weighted by molar-refractivity contribution is 6.34. The number of carbonyl (C=O) groups excluding carboxylic acids is 1. The molecular weight excluding hydrogens is 323 g/mol. The zero-order valence-corrected chi connectivity index (χ0v) is 13.6. The lowest BCUT2D eigenvalue weighted by atomic mass is 10.1. The molecule has 0 unspecified atom stereocenters. The molecule has 0 bridgehead atoms. The number of rotatable bonds is 5. The minimum absolute atomic E-state index is 0.0774. The van der Waals surface area contributed by atoms with Crippen molar-refractivity contribution in [1.29, 1.82) is 0 Å². The molecule has 0 N–H and O–H groups in total. The number of imidazole rings is 1. The second-order valence-electron chi connectivity index (χ2n) is 5.52. The summed E-state index contributed by atoms with van der Waals surface area (Å²) in [7, 11) is 0. The van der Waals surface area contributed by atoms with Crippen LogP contribution in [0.25, 0.3) is 0 Å². The second-order valence-corrected chi connectivity index (χ2v) is 6.21. The minimum atomic E-state index is -0.473. The quantitative estimate of drug-likeness (QED) is 0.760. The number of halogens is 2. The van der Waals surface area contributed by atoms with E-state index in [4.69, 9.17) is 27.9 Å². The van der Waals surface area contributed by atoms with E-state index in [0.29, 0.717) is 12.5 Å². The molecule has 1 aliphatic carbocycles. The van der Waals surface area contributed by atoms with Crippen molar-refractivity contribution in [1.82, 2.24) is 9.55 Å².